The second kappa shape index (κ2) is 7.85. The highest BCUT2D eigenvalue weighted by Gasteiger charge is 2.08. The van der Waals surface area contributed by atoms with Gasteiger partial charge in [-0.1, -0.05) is 13.0 Å². The quantitative estimate of drug-likeness (QED) is 0.848. The monoisotopic (exact) mass is 304 g/mol. The summed E-state index contributed by atoms with van der Waals surface area (Å²) < 4.78 is 0. The summed E-state index contributed by atoms with van der Waals surface area (Å²) in [5.74, 6) is 0.00689. The Morgan fingerprint density at radius 1 is 1.48 bits per heavy atom. The Morgan fingerprint density at radius 2 is 2.33 bits per heavy atom. The smallest absolute Gasteiger partial charge is 0.234 e. The lowest BCUT2D eigenvalue weighted by atomic mass is 10.3. The third kappa shape index (κ3) is 5.24. The second-order valence-electron chi connectivity index (χ2n) is 4.90. The summed E-state index contributed by atoms with van der Waals surface area (Å²) >= 11 is 1.64. The summed E-state index contributed by atoms with van der Waals surface area (Å²) in [4.78, 5) is 22.4. The lowest BCUT2D eigenvalue weighted by Gasteiger charge is -2.15. The molecule has 2 heterocycles. The molecule has 2 rings (SSSR count). The molecular formula is C15H20N4OS. The maximum atomic E-state index is 11.9. The SMILES string of the molecule is CCc1nc(CNC(=O)CN(C)Cc2cccnc2)cs1. The van der Waals surface area contributed by atoms with Gasteiger partial charge in [-0.25, -0.2) is 4.98 Å². The van der Waals surface area contributed by atoms with E-state index in [1.807, 2.05) is 35.7 Å². The molecule has 0 aliphatic carbocycles. The largest absolute Gasteiger partial charge is 0.349 e. The van der Waals surface area contributed by atoms with E-state index in [1.165, 1.54) is 0 Å². The molecule has 0 aliphatic rings. The zero-order valence-electron chi connectivity index (χ0n) is 12.4. The van der Waals surface area contributed by atoms with Crippen molar-refractivity contribution in [1.29, 1.82) is 0 Å². The minimum absolute atomic E-state index is 0.00689. The summed E-state index contributed by atoms with van der Waals surface area (Å²) in [7, 11) is 1.92. The van der Waals surface area contributed by atoms with Gasteiger partial charge in [-0.05, 0) is 25.1 Å². The number of rotatable bonds is 7. The van der Waals surface area contributed by atoms with Crippen molar-refractivity contribution in [3.8, 4) is 0 Å². The number of hydrogen-bond acceptors (Lipinski definition) is 5. The van der Waals surface area contributed by atoms with Crippen LogP contribution in [0.5, 0.6) is 0 Å². The van der Waals surface area contributed by atoms with Crippen molar-refractivity contribution in [2.75, 3.05) is 13.6 Å². The van der Waals surface area contributed by atoms with Gasteiger partial charge in [0.2, 0.25) is 5.91 Å². The van der Waals surface area contributed by atoms with Crippen molar-refractivity contribution in [2.24, 2.45) is 0 Å². The summed E-state index contributed by atoms with van der Waals surface area (Å²) in [6, 6.07) is 3.90. The van der Waals surface area contributed by atoms with Crippen LogP contribution >= 0.6 is 11.3 Å². The zero-order chi connectivity index (χ0) is 15.1. The minimum Gasteiger partial charge on any atom is -0.349 e. The summed E-state index contributed by atoms with van der Waals surface area (Å²) in [5.41, 5.74) is 2.03. The topological polar surface area (TPSA) is 58.1 Å². The molecule has 0 spiro atoms. The first kappa shape index (κ1) is 15.6. The van der Waals surface area contributed by atoms with Crippen molar-refractivity contribution >= 4 is 17.2 Å². The van der Waals surface area contributed by atoms with E-state index in [1.54, 1.807) is 17.5 Å². The van der Waals surface area contributed by atoms with Crippen LogP contribution in [0.3, 0.4) is 0 Å². The molecule has 1 N–H and O–H groups in total. The number of thiazole rings is 1. The Balaban J connectivity index is 1.73. The number of pyridine rings is 1. The van der Waals surface area contributed by atoms with E-state index < -0.39 is 0 Å². The van der Waals surface area contributed by atoms with E-state index in [-0.39, 0.29) is 5.91 Å². The molecule has 112 valence electrons. The number of likely N-dealkylation sites (N-methyl/N-ethyl adjacent to an activating group) is 1. The molecule has 0 bridgehead atoms. The summed E-state index contributed by atoms with van der Waals surface area (Å²) in [5, 5.41) is 6.00. The van der Waals surface area contributed by atoms with Crippen LogP contribution in [0, 0.1) is 0 Å². The molecule has 0 aliphatic heterocycles. The van der Waals surface area contributed by atoms with Gasteiger partial charge in [0, 0.05) is 24.3 Å². The highest BCUT2D eigenvalue weighted by molar-refractivity contribution is 7.09. The van der Waals surface area contributed by atoms with Crippen LogP contribution in [0.1, 0.15) is 23.2 Å². The average Bonchev–Trinajstić information content (AvgIpc) is 2.94. The first-order valence-electron chi connectivity index (χ1n) is 6.94. The molecule has 0 saturated carbocycles. The number of hydrogen-bond donors (Lipinski definition) is 1. The van der Waals surface area contributed by atoms with E-state index in [0.29, 0.717) is 19.6 Å². The van der Waals surface area contributed by atoms with E-state index in [9.17, 15) is 4.79 Å². The third-order valence-electron chi connectivity index (χ3n) is 2.96. The number of carbonyl (C=O) groups is 1. The van der Waals surface area contributed by atoms with Crippen LogP contribution in [0.2, 0.25) is 0 Å². The fourth-order valence-electron chi connectivity index (χ4n) is 1.94. The van der Waals surface area contributed by atoms with Gasteiger partial charge < -0.3 is 5.32 Å². The van der Waals surface area contributed by atoms with Crippen LogP contribution in [0.4, 0.5) is 0 Å². The Morgan fingerprint density at radius 3 is 3.00 bits per heavy atom. The van der Waals surface area contributed by atoms with E-state index in [0.717, 1.165) is 22.7 Å². The zero-order valence-corrected chi connectivity index (χ0v) is 13.2. The number of nitrogens with zero attached hydrogens (tertiary/aromatic N) is 3. The Labute approximate surface area is 129 Å². The number of aromatic nitrogens is 2. The number of aryl methyl sites for hydroxylation is 1. The predicted molar refractivity (Wildman–Crippen MR) is 83.9 cm³/mol. The number of amides is 1. The van der Waals surface area contributed by atoms with Gasteiger partial charge in [-0.2, -0.15) is 0 Å². The van der Waals surface area contributed by atoms with Gasteiger partial charge in [0.25, 0.3) is 0 Å². The van der Waals surface area contributed by atoms with E-state index in [2.05, 4.69) is 22.2 Å². The van der Waals surface area contributed by atoms with Crippen LogP contribution in [-0.2, 0) is 24.3 Å². The van der Waals surface area contributed by atoms with Crippen LogP contribution < -0.4 is 5.32 Å². The third-order valence-corrected chi connectivity index (χ3v) is 4.00. The Hall–Kier alpha value is -1.79. The molecule has 1 amide bonds. The number of carbonyl (C=O) groups excluding carboxylic acids is 1. The van der Waals surface area contributed by atoms with Crippen molar-refractivity contribution in [3.05, 3.63) is 46.2 Å². The molecule has 6 heteroatoms. The van der Waals surface area contributed by atoms with Gasteiger partial charge in [-0.15, -0.1) is 11.3 Å². The van der Waals surface area contributed by atoms with Crippen LogP contribution in [0.15, 0.2) is 29.9 Å². The van der Waals surface area contributed by atoms with Crippen molar-refractivity contribution in [3.63, 3.8) is 0 Å². The fourth-order valence-corrected chi connectivity index (χ4v) is 2.69. The van der Waals surface area contributed by atoms with Crippen LogP contribution in [0.25, 0.3) is 0 Å². The molecular weight excluding hydrogens is 284 g/mol. The molecule has 2 aromatic rings. The lowest BCUT2D eigenvalue weighted by molar-refractivity contribution is -0.122. The van der Waals surface area contributed by atoms with Crippen molar-refractivity contribution < 1.29 is 4.79 Å². The Bertz CT molecular complexity index is 570. The van der Waals surface area contributed by atoms with Gasteiger partial charge in [0.1, 0.15) is 0 Å². The number of nitrogens with one attached hydrogen (secondary N) is 1. The van der Waals surface area contributed by atoms with E-state index >= 15 is 0 Å². The average molecular weight is 304 g/mol. The molecule has 21 heavy (non-hydrogen) atoms. The highest BCUT2D eigenvalue weighted by Crippen LogP contribution is 2.09. The molecule has 5 nitrogen and oxygen atoms in total. The lowest BCUT2D eigenvalue weighted by Crippen LogP contribution is -2.34. The second-order valence-corrected chi connectivity index (χ2v) is 5.84. The molecule has 2 aromatic heterocycles. The predicted octanol–water partition coefficient (Wildman–Crippen LogP) is 1.85. The maximum absolute atomic E-state index is 11.9. The standard InChI is InChI=1S/C15H20N4OS/c1-3-15-18-13(11-21-15)8-17-14(20)10-19(2)9-12-5-4-6-16-7-12/h4-7,11H,3,8-10H2,1-2H3,(H,17,20). The Kier molecular flexibility index (Phi) is 5.83. The fraction of sp³-hybridized carbons (Fsp3) is 0.400. The van der Waals surface area contributed by atoms with Gasteiger partial charge in [0.05, 0.1) is 23.8 Å². The van der Waals surface area contributed by atoms with Gasteiger partial charge >= 0.3 is 0 Å². The first-order chi connectivity index (χ1) is 10.2. The summed E-state index contributed by atoms with van der Waals surface area (Å²) in [6.45, 7) is 3.64. The summed E-state index contributed by atoms with van der Waals surface area (Å²) in [6.07, 6.45) is 4.50. The van der Waals surface area contributed by atoms with Crippen molar-refractivity contribution in [2.45, 2.75) is 26.4 Å². The molecule has 0 saturated heterocycles. The molecule has 0 unspecified atom stereocenters. The van der Waals surface area contributed by atoms with Crippen molar-refractivity contribution in [1.82, 2.24) is 20.2 Å². The minimum atomic E-state index is 0.00689. The van der Waals surface area contributed by atoms with E-state index in [4.69, 9.17) is 0 Å². The van der Waals surface area contributed by atoms with Crippen LogP contribution in [-0.4, -0.2) is 34.4 Å². The first-order valence-corrected chi connectivity index (χ1v) is 7.82. The van der Waals surface area contributed by atoms with Gasteiger partial charge in [-0.3, -0.25) is 14.7 Å². The van der Waals surface area contributed by atoms with Gasteiger partial charge in [0.15, 0.2) is 0 Å². The molecule has 0 radical (unpaired) electrons. The normalized spacial score (nSPS) is 10.8. The molecule has 0 aromatic carbocycles. The highest BCUT2D eigenvalue weighted by atomic mass is 32.1. The molecule has 0 atom stereocenters. The maximum Gasteiger partial charge on any atom is 0.234 e. The molecule has 0 fully saturated rings.